The summed E-state index contributed by atoms with van der Waals surface area (Å²) in [6.45, 7) is 1.52. The molecule has 4 nitrogen and oxygen atoms in total. The summed E-state index contributed by atoms with van der Waals surface area (Å²) in [5.41, 5.74) is -0.728. The molecule has 1 aromatic carbocycles. The molecule has 0 radical (unpaired) electrons. The average molecular weight is 421 g/mol. The Morgan fingerprint density at radius 2 is 1.73 bits per heavy atom. The van der Waals surface area contributed by atoms with Crippen molar-refractivity contribution in [2.45, 2.75) is 63.3 Å². The van der Waals surface area contributed by atoms with Gasteiger partial charge in [-0.3, -0.25) is 4.79 Å². The highest BCUT2D eigenvalue weighted by Crippen LogP contribution is 2.55. The van der Waals surface area contributed by atoms with E-state index in [0.29, 0.717) is 17.8 Å². The molecule has 0 aromatic heterocycles. The van der Waals surface area contributed by atoms with E-state index in [1.165, 1.54) is 44.4 Å². The molecule has 4 aliphatic carbocycles. The lowest BCUT2D eigenvalue weighted by Gasteiger charge is -2.57. The highest BCUT2D eigenvalue weighted by Gasteiger charge is 2.51. The van der Waals surface area contributed by atoms with E-state index in [2.05, 4.69) is 5.32 Å². The van der Waals surface area contributed by atoms with Crippen molar-refractivity contribution in [1.82, 2.24) is 5.32 Å². The van der Waals surface area contributed by atoms with Crippen molar-refractivity contribution in [2.75, 3.05) is 0 Å². The van der Waals surface area contributed by atoms with Crippen molar-refractivity contribution >= 4 is 18.0 Å². The van der Waals surface area contributed by atoms with Gasteiger partial charge in [0.05, 0.1) is 5.56 Å². The summed E-state index contributed by atoms with van der Waals surface area (Å²) in [5.74, 6) is 0.984. The molecule has 0 saturated heterocycles. The summed E-state index contributed by atoms with van der Waals surface area (Å²) in [7, 11) is 0. The highest BCUT2D eigenvalue weighted by molar-refractivity contribution is 5.90. The maximum atomic E-state index is 12.8. The van der Waals surface area contributed by atoms with Gasteiger partial charge < -0.3 is 10.1 Å². The Labute approximate surface area is 173 Å². The van der Waals surface area contributed by atoms with Gasteiger partial charge in [0.15, 0.2) is 6.10 Å². The third-order valence-electron chi connectivity index (χ3n) is 6.71. The van der Waals surface area contributed by atoms with Crippen molar-refractivity contribution in [3.05, 3.63) is 41.5 Å². The molecule has 1 atom stereocenters. The second-order valence-corrected chi connectivity index (χ2v) is 9.22. The number of esters is 1. The number of benzene rings is 1. The first-order valence-corrected chi connectivity index (χ1v) is 10.5. The number of carbonyl (C=O) groups is 2. The van der Waals surface area contributed by atoms with Crippen LogP contribution in [0.25, 0.3) is 6.08 Å². The van der Waals surface area contributed by atoms with Crippen molar-refractivity contribution in [3.8, 4) is 0 Å². The smallest absolute Gasteiger partial charge is 0.416 e. The van der Waals surface area contributed by atoms with E-state index in [1.807, 2.05) is 0 Å². The van der Waals surface area contributed by atoms with E-state index >= 15 is 0 Å². The van der Waals surface area contributed by atoms with Crippen molar-refractivity contribution in [3.63, 3.8) is 0 Å². The summed E-state index contributed by atoms with van der Waals surface area (Å²) in [6, 6.07) is 4.65. The normalized spacial score (nSPS) is 31.0. The fourth-order valence-corrected chi connectivity index (χ4v) is 5.88. The molecule has 4 fully saturated rings. The molecule has 0 aliphatic heterocycles. The standard InChI is InChI=1S/C23H26F3NO3/c1-14(21(29)27-22-11-16-7-17(12-22)9-18(8-16)13-22)30-20(28)6-5-15-3-2-4-19(10-15)23(24,25)26/h2-6,10,14,16-18H,7-9,11-13H2,1H3,(H,27,29)/b6-5+. The van der Waals surface area contributed by atoms with Gasteiger partial charge in [-0.2, -0.15) is 13.2 Å². The molecule has 4 bridgehead atoms. The molecule has 0 heterocycles. The first-order valence-electron chi connectivity index (χ1n) is 10.5. The van der Waals surface area contributed by atoms with Gasteiger partial charge in [-0.25, -0.2) is 4.79 Å². The van der Waals surface area contributed by atoms with Crippen molar-refractivity contribution in [2.24, 2.45) is 17.8 Å². The SMILES string of the molecule is CC(OC(=O)/C=C/c1cccc(C(F)(F)F)c1)C(=O)NC12CC3CC(CC(C3)C1)C2. The van der Waals surface area contributed by atoms with E-state index in [4.69, 9.17) is 4.74 Å². The van der Waals surface area contributed by atoms with Gasteiger partial charge in [-0.15, -0.1) is 0 Å². The molecule has 1 unspecified atom stereocenters. The quantitative estimate of drug-likeness (QED) is 0.552. The van der Waals surface area contributed by atoms with E-state index in [9.17, 15) is 22.8 Å². The molecular weight excluding hydrogens is 395 g/mol. The number of rotatable bonds is 5. The average Bonchev–Trinajstić information content (AvgIpc) is 2.64. The van der Waals surface area contributed by atoms with Gasteiger partial charge in [0, 0.05) is 11.6 Å². The summed E-state index contributed by atoms with van der Waals surface area (Å²) in [5, 5.41) is 3.16. The minimum Gasteiger partial charge on any atom is -0.449 e. The number of amides is 1. The highest BCUT2D eigenvalue weighted by atomic mass is 19.4. The Kier molecular flexibility index (Phi) is 5.41. The topological polar surface area (TPSA) is 55.4 Å². The molecular formula is C23H26F3NO3. The number of alkyl halides is 3. The van der Waals surface area contributed by atoms with Gasteiger partial charge >= 0.3 is 12.1 Å². The zero-order chi connectivity index (χ0) is 21.5. The predicted octanol–water partition coefficient (Wildman–Crippen LogP) is 4.74. The lowest BCUT2D eigenvalue weighted by molar-refractivity contribution is -0.152. The van der Waals surface area contributed by atoms with Crippen LogP contribution in [-0.4, -0.2) is 23.5 Å². The maximum absolute atomic E-state index is 12.8. The van der Waals surface area contributed by atoms with Crippen LogP contribution in [0.15, 0.2) is 30.3 Å². The molecule has 4 saturated carbocycles. The monoisotopic (exact) mass is 421 g/mol. The Hall–Kier alpha value is -2.31. The van der Waals surface area contributed by atoms with Crippen LogP contribution < -0.4 is 5.32 Å². The van der Waals surface area contributed by atoms with E-state index in [0.717, 1.165) is 37.5 Å². The minimum atomic E-state index is -4.45. The molecule has 1 aromatic rings. The fraction of sp³-hybridized carbons (Fsp3) is 0.565. The lowest BCUT2D eigenvalue weighted by atomic mass is 9.53. The zero-order valence-corrected chi connectivity index (χ0v) is 16.9. The van der Waals surface area contributed by atoms with Crippen LogP contribution in [0.1, 0.15) is 56.6 Å². The first kappa shape index (κ1) is 20.9. The van der Waals surface area contributed by atoms with Crippen LogP contribution in [0.4, 0.5) is 13.2 Å². The number of hydrogen-bond donors (Lipinski definition) is 1. The molecule has 30 heavy (non-hydrogen) atoms. The predicted molar refractivity (Wildman–Crippen MR) is 105 cm³/mol. The Bertz CT molecular complexity index is 826. The first-order chi connectivity index (χ1) is 14.1. The van der Waals surface area contributed by atoms with Crippen molar-refractivity contribution in [1.29, 1.82) is 0 Å². The largest absolute Gasteiger partial charge is 0.449 e. The second-order valence-electron chi connectivity index (χ2n) is 9.22. The van der Waals surface area contributed by atoms with Crippen LogP contribution in [0.2, 0.25) is 0 Å². The molecule has 1 amide bonds. The maximum Gasteiger partial charge on any atom is 0.416 e. The molecule has 4 aliphatic rings. The summed E-state index contributed by atoms with van der Waals surface area (Å²) >= 11 is 0. The van der Waals surface area contributed by atoms with E-state index in [1.54, 1.807) is 0 Å². The number of hydrogen-bond acceptors (Lipinski definition) is 3. The zero-order valence-electron chi connectivity index (χ0n) is 16.9. The Balaban J connectivity index is 1.32. The third-order valence-corrected chi connectivity index (χ3v) is 6.71. The van der Waals surface area contributed by atoms with E-state index in [-0.39, 0.29) is 17.0 Å². The van der Waals surface area contributed by atoms with Crippen molar-refractivity contribution < 1.29 is 27.5 Å². The second kappa shape index (κ2) is 7.75. The van der Waals surface area contributed by atoms with Crippen LogP contribution in [0.3, 0.4) is 0 Å². The molecule has 0 spiro atoms. The van der Waals surface area contributed by atoms with Crippen LogP contribution in [0, 0.1) is 17.8 Å². The van der Waals surface area contributed by atoms with Gasteiger partial charge in [0.1, 0.15) is 0 Å². The third kappa shape index (κ3) is 4.55. The number of nitrogens with one attached hydrogen (secondary N) is 1. The Morgan fingerprint density at radius 3 is 2.30 bits per heavy atom. The molecule has 7 heteroatoms. The summed E-state index contributed by atoms with van der Waals surface area (Å²) < 4.78 is 43.5. The molecule has 5 rings (SSSR count). The van der Waals surface area contributed by atoms with Crippen LogP contribution in [-0.2, 0) is 20.5 Å². The van der Waals surface area contributed by atoms with Gasteiger partial charge in [0.25, 0.3) is 5.91 Å². The summed E-state index contributed by atoms with van der Waals surface area (Å²) in [6.07, 6.45) is 3.68. The number of halogens is 3. The van der Waals surface area contributed by atoms with Gasteiger partial charge in [0.2, 0.25) is 0 Å². The minimum absolute atomic E-state index is 0.166. The van der Waals surface area contributed by atoms with Gasteiger partial charge in [-0.05, 0) is 87.0 Å². The van der Waals surface area contributed by atoms with Crippen LogP contribution >= 0.6 is 0 Å². The number of carbonyl (C=O) groups excluding carboxylic acids is 2. The summed E-state index contributed by atoms with van der Waals surface area (Å²) in [4.78, 5) is 24.7. The number of ether oxygens (including phenoxy) is 1. The lowest BCUT2D eigenvalue weighted by Crippen LogP contribution is -2.61. The Morgan fingerprint density at radius 1 is 1.13 bits per heavy atom. The van der Waals surface area contributed by atoms with Gasteiger partial charge in [-0.1, -0.05) is 12.1 Å². The van der Waals surface area contributed by atoms with Crippen LogP contribution in [0.5, 0.6) is 0 Å². The molecule has 162 valence electrons. The fourth-order valence-electron chi connectivity index (χ4n) is 5.88. The van der Waals surface area contributed by atoms with E-state index < -0.39 is 23.8 Å². The molecule has 1 N–H and O–H groups in total.